The van der Waals surface area contributed by atoms with E-state index < -0.39 is 5.38 Å². The van der Waals surface area contributed by atoms with Crippen LogP contribution in [0, 0.1) is 0 Å². The van der Waals surface area contributed by atoms with Gasteiger partial charge in [0.15, 0.2) is 0 Å². The van der Waals surface area contributed by atoms with Gasteiger partial charge in [0, 0.05) is 10.7 Å². The second-order valence-electron chi connectivity index (χ2n) is 6.16. The van der Waals surface area contributed by atoms with E-state index in [1.807, 2.05) is 66.7 Å². The van der Waals surface area contributed by atoms with Gasteiger partial charge in [0.05, 0.1) is 17.4 Å². The van der Waals surface area contributed by atoms with Crippen LogP contribution in [0.15, 0.2) is 89.1 Å². The minimum Gasteiger partial charge on any atom is -0.302 e. The second kappa shape index (κ2) is 7.51. The van der Waals surface area contributed by atoms with E-state index in [-0.39, 0.29) is 11.9 Å². The molecule has 0 aliphatic carbocycles. The first-order valence-corrected chi connectivity index (χ1v) is 9.24. The van der Waals surface area contributed by atoms with Crippen molar-refractivity contribution in [2.75, 3.05) is 4.90 Å². The first kappa shape index (κ1) is 17.7. The quantitative estimate of drug-likeness (QED) is 0.284. The second-order valence-corrected chi connectivity index (χ2v) is 7.07. The number of alkyl halides is 1. The summed E-state index contributed by atoms with van der Waals surface area (Å²) in [6.45, 7) is 0. The molecule has 134 valence electrons. The Kier molecular flexibility index (Phi) is 4.92. The number of carbonyl (C=O) groups is 1. The summed E-state index contributed by atoms with van der Waals surface area (Å²) in [6.07, 6.45) is 0. The standard InChI is InChI=1S/C21H15Cl2N3O/c22-15-7-4-8-17(13-15)25-24-16-9-11-18(12-10-16)26-20(19(23)21(26)27)14-5-2-1-3-6-14/h1-13,19-20H. The molecular weight excluding hydrogens is 381 g/mol. The number of nitrogens with zero attached hydrogens (tertiary/aromatic N) is 3. The smallest absolute Gasteiger partial charge is 0.248 e. The average Bonchev–Trinajstić information content (AvgIpc) is 2.71. The molecule has 0 bridgehead atoms. The van der Waals surface area contributed by atoms with E-state index in [1.54, 1.807) is 17.0 Å². The zero-order valence-corrected chi connectivity index (χ0v) is 15.7. The molecule has 4 nitrogen and oxygen atoms in total. The molecule has 2 unspecified atom stereocenters. The number of azo groups is 1. The van der Waals surface area contributed by atoms with E-state index in [0.717, 1.165) is 11.3 Å². The predicted octanol–water partition coefficient (Wildman–Crippen LogP) is 6.45. The van der Waals surface area contributed by atoms with Crippen LogP contribution in [0.25, 0.3) is 0 Å². The topological polar surface area (TPSA) is 45.0 Å². The molecule has 1 amide bonds. The molecule has 0 saturated carbocycles. The molecule has 3 aromatic rings. The van der Waals surface area contributed by atoms with Crippen molar-refractivity contribution >= 4 is 46.2 Å². The Morgan fingerprint density at radius 2 is 1.52 bits per heavy atom. The highest BCUT2D eigenvalue weighted by Crippen LogP contribution is 2.42. The third-order valence-corrected chi connectivity index (χ3v) is 5.05. The summed E-state index contributed by atoms with van der Waals surface area (Å²) in [5.74, 6) is -0.0983. The van der Waals surface area contributed by atoms with Crippen molar-refractivity contribution in [3.05, 3.63) is 89.4 Å². The first-order chi connectivity index (χ1) is 13.1. The van der Waals surface area contributed by atoms with Crippen LogP contribution in [0.5, 0.6) is 0 Å². The van der Waals surface area contributed by atoms with Gasteiger partial charge < -0.3 is 4.90 Å². The number of amides is 1. The van der Waals surface area contributed by atoms with Crippen molar-refractivity contribution in [1.29, 1.82) is 0 Å². The van der Waals surface area contributed by atoms with Crippen molar-refractivity contribution in [1.82, 2.24) is 0 Å². The number of hydrogen-bond acceptors (Lipinski definition) is 3. The summed E-state index contributed by atoms with van der Waals surface area (Å²) < 4.78 is 0. The van der Waals surface area contributed by atoms with Crippen LogP contribution in [0.1, 0.15) is 11.6 Å². The number of benzene rings is 3. The van der Waals surface area contributed by atoms with Crippen molar-refractivity contribution in [3.63, 3.8) is 0 Å². The minimum atomic E-state index is -0.547. The molecule has 2 atom stereocenters. The van der Waals surface area contributed by atoms with Crippen LogP contribution in [0.2, 0.25) is 5.02 Å². The SMILES string of the molecule is O=C1C(Cl)C(c2ccccc2)N1c1ccc(N=Nc2cccc(Cl)c2)cc1. The monoisotopic (exact) mass is 395 g/mol. The van der Waals surface area contributed by atoms with Gasteiger partial charge in [-0.1, -0.05) is 48.0 Å². The Morgan fingerprint density at radius 1 is 0.815 bits per heavy atom. The molecule has 1 aliphatic rings. The number of hydrogen-bond donors (Lipinski definition) is 0. The fourth-order valence-corrected chi connectivity index (χ4v) is 3.59. The maximum atomic E-state index is 12.3. The number of rotatable bonds is 4. The van der Waals surface area contributed by atoms with E-state index >= 15 is 0 Å². The fourth-order valence-electron chi connectivity index (χ4n) is 3.04. The Morgan fingerprint density at radius 3 is 2.22 bits per heavy atom. The highest BCUT2D eigenvalue weighted by molar-refractivity contribution is 6.37. The molecule has 6 heteroatoms. The Labute approximate surface area is 167 Å². The van der Waals surface area contributed by atoms with Gasteiger partial charge in [0.25, 0.3) is 0 Å². The molecular formula is C21H15Cl2N3O. The lowest BCUT2D eigenvalue weighted by molar-refractivity contribution is -0.123. The number of β-lactam (4-membered cyclic amide) rings is 1. The van der Waals surface area contributed by atoms with Gasteiger partial charge in [-0.25, -0.2) is 0 Å². The van der Waals surface area contributed by atoms with E-state index in [1.165, 1.54) is 0 Å². The zero-order chi connectivity index (χ0) is 18.8. The van der Waals surface area contributed by atoms with E-state index in [2.05, 4.69) is 10.2 Å². The molecule has 1 heterocycles. The first-order valence-electron chi connectivity index (χ1n) is 8.43. The van der Waals surface area contributed by atoms with E-state index in [9.17, 15) is 4.79 Å². The van der Waals surface area contributed by atoms with E-state index in [4.69, 9.17) is 23.2 Å². The van der Waals surface area contributed by atoms with Gasteiger partial charge in [-0.15, -0.1) is 11.6 Å². The van der Waals surface area contributed by atoms with Crippen molar-refractivity contribution in [2.45, 2.75) is 11.4 Å². The van der Waals surface area contributed by atoms with Crippen LogP contribution in [0.3, 0.4) is 0 Å². The van der Waals surface area contributed by atoms with Gasteiger partial charge in [-0.3, -0.25) is 4.79 Å². The van der Waals surface area contributed by atoms with Gasteiger partial charge in [-0.05, 0) is 48.0 Å². The summed E-state index contributed by atoms with van der Waals surface area (Å²) >= 11 is 12.2. The van der Waals surface area contributed by atoms with Crippen molar-refractivity contribution < 1.29 is 4.79 Å². The Balaban J connectivity index is 1.54. The lowest BCUT2D eigenvalue weighted by atomic mass is 9.92. The Bertz CT molecular complexity index is 990. The molecule has 3 aromatic carbocycles. The maximum absolute atomic E-state index is 12.3. The van der Waals surface area contributed by atoms with Crippen molar-refractivity contribution in [2.24, 2.45) is 10.2 Å². The van der Waals surface area contributed by atoms with Gasteiger partial charge in [0.2, 0.25) is 5.91 Å². The van der Waals surface area contributed by atoms with Gasteiger partial charge in [-0.2, -0.15) is 10.2 Å². The van der Waals surface area contributed by atoms with E-state index in [0.29, 0.717) is 16.4 Å². The normalized spacial score (nSPS) is 19.3. The largest absolute Gasteiger partial charge is 0.302 e. The minimum absolute atomic E-state index is 0.0983. The summed E-state index contributed by atoms with van der Waals surface area (Å²) in [6, 6.07) is 24.1. The third-order valence-electron chi connectivity index (χ3n) is 4.39. The van der Waals surface area contributed by atoms with Crippen LogP contribution < -0.4 is 4.90 Å². The van der Waals surface area contributed by atoms with Gasteiger partial charge >= 0.3 is 0 Å². The summed E-state index contributed by atoms with van der Waals surface area (Å²) in [5.41, 5.74) is 3.17. The molecule has 0 spiro atoms. The molecule has 1 fully saturated rings. The molecule has 4 rings (SSSR count). The van der Waals surface area contributed by atoms with Crippen LogP contribution in [-0.4, -0.2) is 11.3 Å². The summed E-state index contributed by atoms with van der Waals surface area (Å²) in [4.78, 5) is 14.0. The average molecular weight is 396 g/mol. The molecule has 1 saturated heterocycles. The molecule has 0 N–H and O–H groups in total. The molecule has 1 aliphatic heterocycles. The highest BCUT2D eigenvalue weighted by atomic mass is 35.5. The molecule has 27 heavy (non-hydrogen) atoms. The maximum Gasteiger partial charge on any atom is 0.248 e. The lowest BCUT2D eigenvalue weighted by Gasteiger charge is -2.44. The zero-order valence-electron chi connectivity index (χ0n) is 14.2. The lowest BCUT2D eigenvalue weighted by Crippen LogP contribution is -2.56. The highest BCUT2D eigenvalue weighted by Gasteiger charge is 2.47. The number of carbonyl (C=O) groups excluding carboxylic acids is 1. The summed E-state index contributed by atoms with van der Waals surface area (Å²) in [7, 11) is 0. The van der Waals surface area contributed by atoms with Crippen molar-refractivity contribution in [3.8, 4) is 0 Å². The fraction of sp³-hybridized carbons (Fsp3) is 0.0952. The van der Waals surface area contributed by atoms with Crippen LogP contribution >= 0.6 is 23.2 Å². The van der Waals surface area contributed by atoms with Crippen LogP contribution in [0.4, 0.5) is 17.1 Å². The summed E-state index contributed by atoms with van der Waals surface area (Å²) in [5, 5.41) is 8.45. The van der Waals surface area contributed by atoms with Gasteiger partial charge in [0.1, 0.15) is 5.38 Å². The number of anilines is 1. The van der Waals surface area contributed by atoms with Crippen LogP contribution in [-0.2, 0) is 4.79 Å². The molecule has 0 radical (unpaired) electrons. The molecule has 0 aromatic heterocycles. The predicted molar refractivity (Wildman–Crippen MR) is 108 cm³/mol. The third kappa shape index (κ3) is 3.59. The Hall–Kier alpha value is -2.69. The number of halogens is 2.